The van der Waals surface area contributed by atoms with Crippen LogP contribution < -0.4 is 0 Å². The SMILES string of the molecule is CCC(=O)c1cccc2oc3ccccc3c12. The molecule has 0 spiro atoms. The van der Waals surface area contributed by atoms with Gasteiger partial charge in [0.1, 0.15) is 11.2 Å². The molecule has 0 saturated carbocycles. The van der Waals surface area contributed by atoms with E-state index in [2.05, 4.69) is 0 Å². The van der Waals surface area contributed by atoms with Gasteiger partial charge >= 0.3 is 0 Å². The number of hydrogen-bond acceptors (Lipinski definition) is 2. The molecule has 0 bridgehead atoms. The summed E-state index contributed by atoms with van der Waals surface area (Å²) in [6.45, 7) is 1.88. The van der Waals surface area contributed by atoms with Crippen LogP contribution in [0.4, 0.5) is 0 Å². The van der Waals surface area contributed by atoms with Crippen LogP contribution in [-0.2, 0) is 0 Å². The molecule has 2 aromatic carbocycles. The summed E-state index contributed by atoms with van der Waals surface area (Å²) < 4.78 is 5.74. The average molecular weight is 224 g/mol. The van der Waals surface area contributed by atoms with Crippen LogP contribution in [0.15, 0.2) is 46.9 Å². The number of Topliss-reactive ketones (excluding diaryl/α,β-unsaturated/α-hetero) is 1. The lowest BCUT2D eigenvalue weighted by atomic mass is 10.0. The number of fused-ring (bicyclic) bond motifs is 3. The smallest absolute Gasteiger partial charge is 0.163 e. The molecule has 0 unspecified atom stereocenters. The Morgan fingerprint density at radius 2 is 1.82 bits per heavy atom. The first-order valence-electron chi connectivity index (χ1n) is 5.74. The van der Waals surface area contributed by atoms with Crippen molar-refractivity contribution in [3.05, 3.63) is 48.0 Å². The van der Waals surface area contributed by atoms with Crippen molar-refractivity contribution in [3.8, 4) is 0 Å². The van der Waals surface area contributed by atoms with Crippen LogP contribution in [-0.4, -0.2) is 5.78 Å². The number of ketones is 1. The Hall–Kier alpha value is -2.09. The first-order chi connectivity index (χ1) is 8.31. The Morgan fingerprint density at radius 1 is 1.06 bits per heavy atom. The quantitative estimate of drug-likeness (QED) is 0.611. The Morgan fingerprint density at radius 3 is 2.65 bits per heavy atom. The predicted molar refractivity (Wildman–Crippen MR) is 68.3 cm³/mol. The van der Waals surface area contributed by atoms with Crippen molar-refractivity contribution in [2.24, 2.45) is 0 Å². The number of carbonyl (C=O) groups is 1. The Bertz CT molecular complexity index is 707. The third-order valence-electron chi connectivity index (χ3n) is 3.02. The first kappa shape index (κ1) is 10.1. The molecule has 0 amide bonds. The fourth-order valence-corrected chi connectivity index (χ4v) is 2.20. The Kier molecular flexibility index (Phi) is 2.22. The zero-order valence-corrected chi connectivity index (χ0v) is 9.57. The van der Waals surface area contributed by atoms with Gasteiger partial charge in [-0.1, -0.05) is 37.3 Å². The molecule has 1 aromatic heterocycles. The van der Waals surface area contributed by atoms with Crippen LogP contribution in [0.2, 0.25) is 0 Å². The number of para-hydroxylation sites is 1. The van der Waals surface area contributed by atoms with Gasteiger partial charge in [0.15, 0.2) is 5.78 Å². The Balaban J connectivity index is 2.47. The molecule has 0 fully saturated rings. The van der Waals surface area contributed by atoms with Crippen molar-refractivity contribution in [2.75, 3.05) is 0 Å². The normalized spacial score (nSPS) is 11.1. The molecule has 3 aromatic rings. The van der Waals surface area contributed by atoms with Crippen molar-refractivity contribution in [1.29, 1.82) is 0 Å². The summed E-state index contributed by atoms with van der Waals surface area (Å²) in [7, 11) is 0. The van der Waals surface area contributed by atoms with Crippen LogP contribution in [0.25, 0.3) is 21.9 Å². The third-order valence-corrected chi connectivity index (χ3v) is 3.02. The number of carbonyl (C=O) groups excluding carboxylic acids is 1. The minimum atomic E-state index is 0.155. The van der Waals surface area contributed by atoms with E-state index in [1.54, 1.807) is 0 Å². The van der Waals surface area contributed by atoms with Gasteiger partial charge in [0.05, 0.1) is 0 Å². The molecule has 2 heteroatoms. The lowest BCUT2D eigenvalue weighted by Crippen LogP contribution is -1.96. The lowest BCUT2D eigenvalue weighted by Gasteiger charge is -1.99. The molecule has 0 N–H and O–H groups in total. The molecule has 0 aliphatic rings. The largest absolute Gasteiger partial charge is 0.456 e. The van der Waals surface area contributed by atoms with Gasteiger partial charge in [-0.05, 0) is 12.1 Å². The highest BCUT2D eigenvalue weighted by molar-refractivity contribution is 6.16. The Labute approximate surface area is 98.8 Å². The van der Waals surface area contributed by atoms with Gasteiger partial charge in [-0.3, -0.25) is 4.79 Å². The zero-order chi connectivity index (χ0) is 11.8. The zero-order valence-electron chi connectivity index (χ0n) is 9.57. The standard InChI is InChI=1S/C15H12O2/c1-2-12(16)10-7-5-9-14-15(10)11-6-3-4-8-13(11)17-14/h3-9H,2H2,1H3. The summed E-state index contributed by atoms with van der Waals surface area (Å²) in [5.41, 5.74) is 2.37. The molecule has 0 saturated heterocycles. The fourth-order valence-electron chi connectivity index (χ4n) is 2.20. The summed E-state index contributed by atoms with van der Waals surface area (Å²) in [4.78, 5) is 11.9. The maximum absolute atomic E-state index is 11.9. The van der Waals surface area contributed by atoms with Gasteiger partial charge < -0.3 is 4.42 Å². The molecule has 1 heterocycles. The van der Waals surface area contributed by atoms with E-state index in [4.69, 9.17) is 4.42 Å². The van der Waals surface area contributed by atoms with Crippen LogP contribution in [0.1, 0.15) is 23.7 Å². The maximum atomic E-state index is 11.9. The molecule has 0 aliphatic carbocycles. The van der Waals surface area contributed by atoms with Crippen molar-refractivity contribution >= 4 is 27.7 Å². The van der Waals surface area contributed by atoms with E-state index < -0.39 is 0 Å². The van der Waals surface area contributed by atoms with Gasteiger partial charge in [-0.15, -0.1) is 0 Å². The number of hydrogen-bond donors (Lipinski definition) is 0. The second-order valence-corrected chi connectivity index (χ2v) is 4.05. The van der Waals surface area contributed by atoms with Gasteiger partial charge in [0, 0.05) is 22.8 Å². The summed E-state index contributed by atoms with van der Waals surface area (Å²) in [6, 6.07) is 13.5. The van der Waals surface area contributed by atoms with Gasteiger partial charge in [-0.2, -0.15) is 0 Å². The van der Waals surface area contributed by atoms with E-state index >= 15 is 0 Å². The minimum absolute atomic E-state index is 0.155. The highest BCUT2D eigenvalue weighted by Crippen LogP contribution is 2.31. The molecule has 0 radical (unpaired) electrons. The van der Waals surface area contributed by atoms with Crippen molar-refractivity contribution in [1.82, 2.24) is 0 Å². The molecule has 2 nitrogen and oxygen atoms in total. The fraction of sp³-hybridized carbons (Fsp3) is 0.133. The topological polar surface area (TPSA) is 30.2 Å². The van der Waals surface area contributed by atoms with Crippen molar-refractivity contribution < 1.29 is 9.21 Å². The number of rotatable bonds is 2. The third kappa shape index (κ3) is 1.45. The molecular weight excluding hydrogens is 212 g/mol. The molecule has 3 rings (SSSR count). The van der Waals surface area contributed by atoms with Gasteiger partial charge in [0.25, 0.3) is 0 Å². The molecule has 0 atom stereocenters. The van der Waals surface area contributed by atoms with E-state index in [1.807, 2.05) is 49.4 Å². The van der Waals surface area contributed by atoms with E-state index in [1.165, 1.54) is 0 Å². The molecule has 17 heavy (non-hydrogen) atoms. The second-order valence-electron chi connectivity index (χ2n) is 4.05. The van der Waals surface area contributed by atoms with Crippen molar-refractivity contribution in [3.63, 3.8) is 0 Å². The van der Waals surface area contributed by atoms with E-state index in [0.29, 0.717) is 6.42 Å². The average Bonchev–Trinajstić information content (AvgIpc) is 2.76. The first-order valence-corrected chi connectivity index (χ1v) is 5.74. The lowest BCUT2D eigenvalue weighted by molar-refractivity contribution is 0.0990. The van der Waals surface area contributed by atoms with E-state index in [0.717, 1.165) is 27.5 Å². The van der Waals surface area contributed by atoms with Gasteiger partial charge in [-0.25, -0.2) is 0 Å². The van der Waals surface area contributed by atoms with Crippen molar-refractivity contribution in [2.45, 2.75) is 13.3 Å². The molecule has 0 aliphatic heterocycles. The predicted octanol–water partition coefficient (Wildman–Crippen LogP) is 4.18. The van der Waals surface area contributed by atoms with Crippen LogP contribution in [0, 0.1) is 0 Å². The highest BCUT2D eigenvalue weighted by atomic mass is 16.3. The van der Waals surface area contributed by atoms with E-state index in [-0.39, 0.29) is 5.78 Å². The van der Waals surface area contributed by atoms with Crippen LogP contribution in [0.3, 0.4) is 0 Å². The van der Waals surface area contributed by atoms with Crippen LogP contribution in [0.5, 0.6) is 0 Å². The summed E-state index contributed by atoms with van der Waals surface area (Å²) >= 11 is 0. The molecular formula is C15H12O2. The maximum Gasteiger partial charge on any atom is 0.163 e. The summed E-state index contributed by atoms with van der Waals surface area (Å²) in [5.74, 6) is 0.155. The van der Waals surface area contributed by atoms with Gasteiger partial charge in [0.2, 0.25) is 0 Å². The molecule has 84 valence electrons. The van der Waals surface area contributed by atoms with Crippen LogP contribution >= 0.6 is 0 Å². The monoisotopic (exact) mass is 224 g/mol. The minimum Gasteiger partial charge on any atom is -0.456 e. The summed E-state index contributed by atoms with van der Waals surface area (Å²) in [6.07, 6.45) is 0.513. The summed E-state index contributed by atoms with van der Waals surface area (Å²) in [5, 5.41) is 1.95. The number of furan rings is 1. The van der Waals surface area contributed by atoms with E-state index in [9.17, 15) is 4.79 Å². The highest BCUT2D eigenvalue weighted by Gasteiger charge is 2.13. The number of benzene rings is 2. The second kappa shape index (κ2) is 3.74.